The zero-order valence-corrected chi connectivity index (χ0v) is 8.77. The van der Waals surface area contributed by atoms with E-state index in [4.69, 9.17) is 16.3 Å². The number of ether oxygens (including phenoxy) is 1. The molecular weight excluding hydrogens is 214 g/mol. The highest BCUT2D eigenvalue weighted by atomic mass is 35.5. The van der Waals surface area contributed by atoms with Crippen LogP contribution in [0, 0.1) is 0 Å². The van der Waals surface area contributed by atoms with E-state index in [-0.39, 0.29) is 0 Å². The Morgan fingerprint density at radius 3 is 2.60 bits per heavy atom. The van der Waals surface area contributed by atoms with Gasteiger partial charge in [-0.1, -0.05) is 11.6 Å². The number of halogens is 1. The topological polar surface area (TPSA) is 47.9 Å². The van der Waals surface area contributed by atoms with Crippen LogP contribution in [0.3, 0.4) is 0 Å². The largest absolute Gasteiger partial charge is 0.491 e. The summed E-state index contributed by atoms with van der Waals surface area (Å²) in [5.74, 6) is 0.477. The molecule has 0 fully saturated rings. The molecule has 5 heteroatoms. The zero-order chi connectivity index (χ0) is 10.7. The van der Waals surface area contributed by atoms with E-state index in [1.807, 2.05) is 12.1 Å². The maximum Gasteiger partial charge on any atom is 0.182 e. The predicted octanol–water partition coefficient (Wildman–Crippen LogP) is 2.20. The van der Waals surface area contributed by atoms with E-state index in [1.165, 1.54) is 13.4 Å². The molecule has 0 saturated carbocycles. The summed E-state index contributed by atoms with van der Waals surface area (Å²) >= 11 is 5.89. The molecule has 2 heterocycles. The Morgan fingerprint density at radius 2 is 1.93 bits per heavy atom. The third kappa shape index (κ3) is 1.89. The molecule has 0 aliphatic carbocycles. The molecule has 0 saturated heterocycles. The molecule has 0 aromatic carbocycles. The highest BCUT2D eigenvalue weighted by molar-refractivity contribution is 6.31. The van der Waals surface area contributed by atoms with Crippen LogP contribution in [-0.2, 0) is 0 Å². The van der Waals surface area contributed by atoms with Crippen LogP contribution in [-0.4, -0.2) is 22.1 Å². The van der Waals surface area contributed by atoms with Crippen molar-refractivity contribution in [3.63, 3.8) is 0 Å². The molecular formula is C10H8ClN3O. The lowest BCUT2D eigenvalue weighted by Crippen LogP contribution is -1.94. The second-order valence-electron chi connectivity index (χ2n) is 2.78. The average molecular weight is 222 g/mol. The van der Waals surface area contributed by atoms with Crippen molar-refractivity contribution in [2.75, 3.05) is 7.11 Å². The Morgan fingerprint density at radius 1 is 1.20 bits per heavy atom. The summed E-state index contributed by atoms with van der Waals surface area (Å²) in [4.78, 5) is 11.9. The van der Waals surface area contributed by atoms with Gasteiger partial charge in [-0.3, -0.25) is 4.98 Å². The number of nitrogens with zero attached hydrogens (tertiary/aromatic N) is 3. The molecule has 0 unspecified atom stereocenters. The number of pyridine rings is 1. The van der Waals surface area contributed by atoms with Gasteiger partial charge in [-0.25, -0.2) is 9.97 Å². The fourth-order valence-electron chi connectivity index (χ4n) is 1.25. The molecule has 0 aliphatic heterocycles. The fourth-order valence-corrected chi connectivity index (χ4v) is 1.46. The first-order valence-electron chi connectivity index (χ1n) is 4.28. The van der Waals surface area contributed by atoms with E-state index in [9.17, 15) is 0 Å². The van der Waals surface area contributed by atoms with E-state index in [0.29, 0.717) is 16.6 Å². The lowest BCUT2D eigenvalue weighted by Gasteiger charge is -2.07. The van der Waals surface area contributed by atoms with Crippen molar-refractivity contribution in [3.8, 4) is 17.0 Å². The second kappa shape index (κ2) is 4.23. The maximum atomic E-state index is 5.89. The van der Waals surface area contributed by atoms with Crippen LogP contribution in [0.25, 0.3) is 11.3 Å². The minimum absolute atomic E-state index is 0.305. The van der Waals surface area contributed by atoms with Gasteiger partial charge in [0, 0.05) is 18.0 Å². The SMILES string of the molecule is COc1c(Cl)ncnc1-c1ccncc1. The van der Waals surface area contributed by atoms with Crippen molar-refractivity contribution in [3.05, 3.63) is 36.0 Å². The highest BCUT2D eigenvalue weighted by Gasteiger charge is 2.11. The Labute approximate surface area is 91.9 Å². The fraction of sp³-hybridized carbons (Fsp3) is 0.100. The molecule has 0 amide bonds. The van der Waals surface area contributed by atoms with E-state index in [1.54, 1.807) is 12.4 Å². The summed E-state index contributed by atoms with van der Waals surface area (Å²) in [6, 6.07) is 3.67. The Kier molecular flexibility index (Phi) is 2.78. The van der Waals surface area contributed by atoms with Crippen LogP contribution in [0.15, 0.2) is 30.9 Å². The smallest absolute Gasteiger partial charge is 0.182 e. The normalized spacial score (nSPS) is 10.0. The molecule has 2 rings (SSSR count). The maximum absolute atomic E-state index is 5.89. The molecule has 76 valence electrons. The van der Waals surface area contributed by atoms with Gasteiger partial charge in [0.1, 0.15) is 12.0 Å². The first-order valence-corrected chi connectivity index (χ1v) is 4.65. The third-order valence-corrected chi connectivity index (χ3v) is 2.19. The first-order chi connectivity index (χ1) is 7.33. The van der Waals surface area contributed by atoms with Crippen LogP contribution in [0.2, 0.25) is 5.15 Å². The third-order valence-electron chi connectivity index (χ3n) is 1.92. The van der Waals surface area contributed by atoms with Crippen molar-refractivity contribution < 1.29 is 4.74 Å². The van der Waals surface area contributed by atoms with Gasteiger partial charge >= 0.3 is 0 Å². The molecule has 0 bridgehead atoms. The van der Waals surface area contributed by atoms with Crippen molar-refractivity contribution in [1.29, 1.82) is 0 Å². The molecule has 0 radical (unpaired) electrons. The Balaban J connectivity index is 2.58. The van der Waals surface area contributed by atoms with Gasteiger partial charge < -0.3 is 4.74 Å². The van der Waals surface area contributed by atoms with Crippen LogP contribution in [0.4, 0.5) is 0 Å². The number of rotatable bonds is 2. The molecule has 2 aromatic rings. The molecule has 0 N–H and O–H groups in total. The van der Waals surface area contributed by atoms with E-state index < -0.39 is 0 Å². The molecule has 0 atom stereocenters. The minimum atomic E-state index is 0.305. The lowest BCUT2D eigenvalue weighted by atomic mass is 10.2. The molecule has 0 spiro atoms. The van der Waals surface area contributed by atoms with Crippen LogP contribution in [0.1, 0.15) is 0 Å². The monoisotopic (exact) mass is 221 g/mol. The lowest BCUT2D eigenvalue weighted by molar-refractivity contribution is 0.413. The number of hydrogen-bond donors (Lipinski definition) is 0. The number of aromatic nitrogens is 3. The van der Waals surface area contributed by atoms with E-state index in [0.717, 1.165) is 5.56 Å². The first kappa shape index (κ1) is 9.86. The van der Waals surface area contributed by atoms with Gasteiger partial charge in [-0.05, 0) is 12.1 Å². The van der Waals surface area contributed by atoms with Crippen LogP contribution >= 0.6 is 11.6 Å². The van der Waals surface area contributed by atoms with Crippen molar-refractivity contribution in [1.82, 2.24) is 15.0 Å². The van der Waals surface area contributed by atoms with Crippen molar-refractivity contribution >= 4 is 11.6 Å². The Hall–Kier alpha value is -1.68. The summed E-state index contributed by atoms with van der Waals surface area (Å²) in [5, 5.41) is 0.305. The van der Waals surface area contributed by atoms with Gasteiger partial charge in [0.2, 0.25) is 0 Å². The van der Waals surface area contributed by atoms with E-state index >= 15 is 0 Å². The predicted molar refractivity (Wildman–Crippen MR) is 56.8 cm³/mol. The minimum Gasteiger partial charge on any atom is -0.491 e. The molecule has 2 aromatic heterocycles. The van der Waals surface area contributed by atoms with Crippen molar-refractivity contribution in [2.24, 2.45) is 0 Å². The summed E-state index contributed by atoms with van der Waals surface area (Å²) < 4.78 is 5.15. The summed E-state index contributed by atoms with van der Waals surface area (Å²) in [6.45, 7) is 0. The summed E-state index contributed by atoms with van der Waals surface area (Å²) in [7, 11) is 1.54. The molecule has 4 nitrogen and oxygen atoms in total. The Bertz CT molecular complexity index is 461. The summed E-state index contributed by atoms with van der Waals surface area (Å²) in [5.41, 5.74) is 1.56. The van der Waals surface area contributed by atoms with Crippen LogP contribution in [0.5, 0.6) is 5.75 Å². The second-order valence-corrected chi connectivity index (χ2v) is 3.14. The quantitative estimate of drug-likeness (QED) is 0.730. The van der Waals surface area contributed by atoms with E-state index in [2.05, 4.69) is 15.0 Å². The zero-order valence-electron chi connectivity index (χ0n) is 8.01. The number of hydrogen-bond acceptors (Lipinski definition) is 4. The average Bonchev–Trinajstić information content (AvgIpc) is 2.30. The summed E-state index contributed by atoms with van der Waals surface area (Å²) in [6.07, 6.45) is 4.77. The van der Waals surface area contributed by atoms with Crippen LogP contribution < -0.4 is 4.74 Å². The van der Waals surface area contributed by atoms with Crippen molar-refractivity contribution in [2.45, 2.75) is 0 Å². The molecule has 0 aliphatic rings. The van der Waals surface area contributed by atoms with Gasteiger partial charge in [-0.2, -0.15) is 0 Å². The standard InChI is InChI=1S/C10H8ClN3O/c1-15-9-8(13-6-14-10(9)11)7-2-4-12-5-3-7/h2-6H,1H3. The highest BCUT2D eigenvalue weighted by Crippen LogP contribution is 2.31. The van der Waals surface area contributed by atoms with Gasteiger partial charge in [0.15, 0.2) is 10.9 Å². The molecule has 15 heavy (non-hydrogen) atoms. The number of methoxy groups -OCH3 is 1. The van der Waals surface area contributed by atoms with Gasteiger partial charge in [-0.15, -0.1) is 0 Å². The van der Waals surface area contributed by atoms with Gasteiger partial charge in [0.05, 0.1) is 7.11 Å². The van der Waals surface area contributed by atoms with Gasteiger partial charge in [0.25, 0.3) is 0 Å².